The largest absolute Gasteiger partial charge is 0.402 e. The summed E-state index contributed by atoms with van der Waals surface area (Å²) in [5.41, 5.74) is 13.6. The molecule has 0 radical (unpaired) electrons. The molecular formula is C17H26N4O2S. The zero-order chi connectivity index (χ0) is 17.6. The lowest BCUT2D eigenvalue weighted by atomic mass is 9.87. The molecule has 0 heterocycles. The summed E-state index contributed by atoms with van der Waals surface area (Å²) in [6.45, 7) is 0. The number of aliphatic imine (C=N–C) groups is 1. The van der Waals surface area contributed by atoms with Crippen LogP contribution in [-0.2, 0) is 9.84 Å². The van der Waals surface area contributed by atoms with Crippen molar-refractivity contribution in [2.45, 2.75) is 37.0 Å². The number of sulfone groups is 1. The summed E-state index contributed by atoms with van der Waals surface area (Å²) in [6, 6.07) is 6.47. The summed E-state index contributed by atoms with van der Waals surface area (Å²) in [4.78, 5) is 4.78. The fourth-order valence-electron chi connectivity index (χ4n) is 2.84. The molecule has 7 heteroatoms. The van der Waals surface area contributed by atoms with E-state index in [0.717, 1.165) is 18.5 Å². The van der Waals surface area contributed by atoms with Crippen molar-refractivity contribution in [3.8, 4) is 0 Å². The minimum absolute atomic E-state index is 0.279. The molecule has 0 atom stereocenters. The zero-order valence-corrected chi connectivity index (χ0v) is 15.1. The molecule has 1 aliphatic rings. The smallest absolute Gasteiger partial charge is 0.175 e. The Balaban J connectivity index is 2.20. The molecule has 1 saturated carbocycles. The van der Waals surface area contributed by atoms with Crippen molar-refractivity contribution >= 4 is 21.4 Å². The number of hydrogen-bond donors (Lipinski definition) is 3. The number of nitrogens with two attached hydrogens (primary N) is 1. The molecule has 0 spiro atoms. The lowest BCUT2D eigenvalue weighted by molar-refractivity contribution is 0.400. The summed E-state index contributed by atoms with van der Waals surface area (Å²) in [7, 11) is -1.44. The SMILES string of the molecule is CNNC(C=C(N)C1CCCCC1)=Nc1ccc(S(C)(=O)=O)cc1. The lowest BCUT2D eigenvalue weighted by Crippen LogP contribution is -2.34. The van der Waals surface area contributed by atoms with Gasteiger partial charge in [0.1, 0.15) is 5.84 Å². The number of hydrazine groups is 1. The second-order valence-corrected chi connectivity index (χ2v) is 8.13. The average Bonchev–Trinajstić information content (AvgIpc) is 2.55. The van der Waals surface area contributed by atoms with Crippen molar-refractivity contribution in [3.05, 3.63) is 36.0 Å². The third-order valence-corrected chi connectivity index (χ3v) is 5.28. The van der Waals surface area contributed by atoms with Gasteiger partial charge in [0.15, 0.2) is 9.84 Å². The van der Waals surface area contributed by atoms with E-state index < -0.39 is 9.84 Å². The summed E-state index contributed by atoms with van der Waals surface area (Å²) in [6.07, 6.45) is 9.02. The Hall–Kier alpha value is -1.86. The normalized spacial score (nSPS) is 17.8. The van der Waals surface area contributed by atoms with Crippen molar-refractivity contribution < 1.29 is 8.42 Å². The van der Waals surface area contributed by atoms with Crippen molar-refractivity contribution in [2.24, 2.45) is 16.6 Å². The van der Waals surface area contributed by atoms with Crippen LogP contribution >= 0.6 is 0 Å². The van der Waals surface area contributed by atoms with E-state index in [1.165, 1.54) is 25.5 Å². The second kappa shape index (κ2) is 8.30. The van der Waals surface area contributed by atoms with Gasteiger partial charge < -0.3 is 11.2 Å². The minimum atomic E-state index is -3.20. The Bertz CT molecular complexity index is 703. The van der Waals surface area contributed by atoms with Crippen LogP contribution in [0.2, 0.25) is 0 Å². The number of allylic oxidation sites excluding steroid dienone is 1. The average molecular weight is 350 g/mol. The highest BCUT2D eigenvalue weighted by Crippen LogP contribution is 2.27. The molecule has 1 aromatic carbocycles. The van der Waals surface area contributed by atoms with Crippen LogP contribution in [0.4, 0.5) is 5.69 Å². The van der Waals surface area contributed by atoms with E-state index >= 15 is 0 Å². The predicted octanol–water partition coefficient (Wildman–Crippen LogP) is 2.27. The van der Waals surface area contributed by atoms with Gasteiger partial charge >= 0.3 is 0 Å². The summed E-state index contributed by atoms with van der Waals surface area (Å²) in [5.74, 6) is 1.02. The van der Waals surface area contributed by atoms with Gasteiger partial charge in [-0.05, 0) is 43.0 Å². The summed E-state index contributed by atoms with van der Waals surface area (Å²) >= 11 is 0. The van der Waals surface area contributed by atoms with Gasteiger partial charge in [0, 0.05) is 25.1 Å². The van der Waals surface area contributed by atoms with Gasteiger partial charge in [-0.15, -0.1) is 0 Å². The van der Waals surface area contributed by atoms with Gasteiger partial charge in [-0.25, -0.2) is 18.8 Å². The molecular weight excluding hydrogens is 324 g/mol. The predicted molar refractivity (Wildman–Crippen MR) is 97.7 cm³/mol. The molecule has 4 N–H and O–H groups in total. The minimum Gasteiger partial charge on any atom is -0.402 e. The van der Waals surface area contributed by atoms with Crippen LogP contribution < -0.4 is 16.6 Å². The first-order chi connectivity index (χ1) is 11.4. The Kier molecular flexibility index (Phi) is 6.39. The Labute approximate surface area is 144 Å². The van der Waals surface area contributed by atoms with E-state index in [9.17, 15) is 8.42 Å². The van der Waals surface area contributed by atoms with Crippen LogP contribution in [0.1, 0.15) is 32.1 Å². The van der Waals surface area contributed by atoms with Gasteiger partial charge in [0.2, 0.25) is 0 Å². The standard InChI is InChI=1S/C17H26N4O2S/c1-19-21-17(12-16(18)13-6-4-3-5-7-13)20-14-8-10-15(11-9-14)24(2,22)23/h8-13,19H,3-7,18H2,1-2H3,(H,20,21). The van der Waals surface area contributed by atoms with Crippen LogP contribution in [0.25, 0.3) is 0 Å². The molecule has 0 aromatic heterocycles. The molecule has 132 valence electrons. The molecule has 6 nitrogen and oxygen atoms in total. The highest BCUT2D eigenvalue weighted by atomic mass is 32.2. The van der Waals surface area contributed by atoms with Gasteiger partial charge in [0.25, 0.3) is 0 Å². The van der Waals surface area contributed by atoms with E-state index in [2.05, 4.69) is 15.8 Å². The molecule has 0 aliphatic heterocycles. The Morgan fingerprint density at radius 3 is 2.38 bits per heavy atom. The number of nitrogens with one attached hydrogen (secondary N) is 2. The fourth-order valence-corrected chi connectivity index (χ4v) is 3.47. The number of benzene rings is 1. The molecule has 0 unspecified atom stereocenters. The first kappa shape index (κ1) is 18.5. The maximum Gasteiger partial charge on any atom is 0.175 e. The molecule has 24 heavy (non-hydrogen) atoms. The van der Waals surface area contributed by atoms with Crippen molar-refractivity contribution in [1.82, 2.24) is 10.9 Å². The van der Waals surface area contributed by atoms with Gasteiger partial charge in [-0.1, -0.05) is 19.3 Å². The molecule has 1 aromatic rings. The van der Waals surface area contributed by atoms with Gasteiger partial charge in [-0.3, -0.25) is 0 Å². The quantitative estimate of drug-likeness (QED) is 0.430. The van der Waals surface area contributed by atoms with Gasteiger partial charge in [-0.2, -0.15) is 0 Å². The Morgan fingerprint density at radius 2 is 1.83 bits per heavy atom. The zero-order valence-electron chi connectivity index (χ0n) is 14.2. The molecule has 1 aliphatic carbocycles. The molecule has 0 saturated heterocycles. The van der Waals surface area contributed by atoms with Crippen molar-refractivity contribution in [2.75, 3.05) is 13.3 Å². The molecule has 0 amide bonds. The van der Waals surface area contributed by atoms with E-state index in [1.54, 1.807) is 31.3 Å². The van der Waals surface area contributed by atoms with Crippen LogP contribution in [0.5, 0.6) is 0 Å². The van der Waals surface area contributed by atoms with Crippen LogP contribution in [0, 0.1) is 5.92 Å². The topological polar surface area (TPSA) is 96.6 Å². The monoisotopic (exact) mass is 350 g/mol. The van der Waals surface area contributed by atoms with E-state index in [0.29, 0.717) is 17.4 Å². The molecule has 0 bridgehead atoms. The third-order valence-electron chi connectivity index (χ3n) is 4.15. The number of hydrogen-bond acceptors (Lipinski definition) is 5. The maximum atomic E-state index is 11.5. The highest BCUT2D eigenvalue weighted by molar-refractivity contribution is 7.90. The molecule has 1 fully saturated rings. The summed E-state index contributed by atoms with van der Waals surface area (Å²) < 4.78 is 23.0. The van der Waals surface area contributed by atoms with Crippen molar-refractivity contribution in [3.63, 3.8) is 0 Å². The first-order valence-electron chi connectivity index (χ1n) is 8.19. The number of rotatable bonds is 5. The van der Waals surface area contributed by atoms with Crippen LogP contribution in [-0.4, -0.2) is 27.6 Å². The van der Waals surface area contributed by atoms with E-state index in [-0.39, 0.29) is 4.90 Å². The van der Waals surface area contributed by atoms with Gasteiger partial charge in [0.05, 0.1) is 10.6 Å². The number of amidine groups is 1. The van der Waals surface area contributed by atoms with Crippen LogP contribution in [0.15, 0.2) is 45.9 Å². The fraction of sp³-hybridized carbons (Fsp3) is 0.471. The summed E-state index contributed by atoms with van der Waals surface area (Å²) in [5, 5.41) is 0. The first-order valence-corrected chi connectivity index (χ1v) is 10.1. The lowest BCUT2D eigenvalue weighted by Gasteiger charge is -2.22. The second-order valence-electron chi connectivity index (χ2n) is 6.12. The van der Waals surface area contributed by atoms with E-state index in [4.69, 9.17) is 5.73 Å². The van der Waals surface area contributed by atoms with Crippen molar-refractivity contribution in [1.29, 1.82) is 0 Å². The number of nitrogens with zero attached hydrogens (tertiary/aromatic N) is 1. The molecule has 2 rings (SSSR count). The third kappa shape index (κ3) is 5.35. The maximum absolute atomic E-state index is 11.5. The highest BCUT2D eigenvalue weighted by Gasteiger charge is 2.16. The van der Waals surface area contributed by atoms with E-state index in [1.807, 2.05) is 6.08 Å². The Morgan fingerprint density at radius 1 is 1.21 bits per heavy atom. The van der Waals surface area contributed by atoms with Crippen LogP contribution in [0.3, 0.4) is 0 Å².